The van der Waals surface area contributed by atoms with Crippen molar-refractivity contribution in [3.8, 4) is 6.07 Å². The van der Waals surface area contributed by atoms with Crippen molar-refractivity contribution in [3.63, 3.8) is 0 Å². The number of likely N-dealkylation sites (N-methyl/N-ethyl adjacent to an activating group) is 1. The molecule has 32 heavy (non-hydrogen) atoms. The van der Waals surface area contributed by atoms with Crippen LogP contribution in [0.25, 0.3) is 0 Å². The molecule has 0 fully saturated rings. The second kappa shape index (κ2) is 9.70. The van der Waals surface area contributed by atoms with Crippen molar-refractivity contribution in [2.75, 3.05) is 13.6 Å². The van der Waals surface area contributed by atoms with Gasteiger partial charge in [-0.15, -0.1) is 0 Å². The number of hydrogen-bond donors (Lipinski definition) is 0. The lowest BCUT2D eigenvalue weighted by Crippen LogP contribution is -2.33. The van der Waals surface area contributed by atoms with Crippen LogP contribution < -0.4 is 0 Å². The number of nitriles is 1. The summed E-state index contributed by atoms with van der Waals surface area (Å²) in [5.41, 5.74) is 4.12. The maximum Gasteiger partial charge on any atom is 0.218 e. The Bertz CT molecular complexity index is 1290. The molecule has 0 atom stereocenters. The summed E-state index contributed by atoms with van der Waals surface area (Å²) < 4.78 is 28.6. The maximum atomic E-state index is 13.0. The number of hydrogen-bond acceptors (Lipinski definition) is 4. The number of sulfonamides is 1. The quantitative estimate of drug-likeness (QED) is 0.460. The summed E-state index contributed by atoms with van der Waals surface area (Å²) in [7, 11) is -2.30. The van der Waals surface area contributed by atoms with Crippen LogP contribution in [0.3, 0.4) is 0 Å². The van der Waals surface area contributed by atoms with Crippen LogP contribution in [-0.2, 0) is 22.3 Å². The van der Waals surface area contributed by atoms with Crippen molar-refractivity contribution in [3.05, 3.63) is 93.3 Å². The molecule has 1 heterocycles. The van der Waals surface area contributed by atoms with Gasteiger partial charge in [0.15, 0.2) is 5.78 Å². The molecule has 0 aliphatic heterocycles. The smallest absolute Gasteiger partial charge is 0.218 e. The van der Waals surface area contributed by atoms with E-state index in [0.717, 1.165) is 21.3 Å². The molecule has 166 valence electrons. The number of halogens is 1. The second-order valence-corrected chi connectivity index (χ2v) is 10.2. The van der Waals surface area contributed by atoms with Gasteiger partial charge in [0.25, 0.3) is 0 Å². The molecule has 8 heteroatoms. The average Bonchev–Trinajstić information content (AvgIpc) is 3.04. The molecular weight excluding hydrogens is 446 g/mol. The molecule has 1 aromatic heterocycles. The molecule has 0 saturated heterocycles. The first-order chi connectivity index (χ1) is 15.1. The van der Waals surface area contributed by atoms with E-state index >= 15 is 0 Å². The van der Waals surface area contributed by atoms with Crippen molar-refractivity contribution in [2.24, 2.45) is 0 Å². The van der Waals surface area contributed by atoms with Crippen molar-refractivity contribution in [1.29, 1.82) is 5.26 Å². The van der Waals surface area contributed by atoms with Crippen LogP contribution in [0, 0.1) is 25.2 Å². The van der Waals surface area contributed by atoms with E-state index in [1.165, 1.54) is 7.05 Å². The number of Topliss-reactive ketones (excluding diaryl/α,β-unsaturated/α-hetero) is 1. The van der Waals surface area contributed by atoms with Crippen molar-refractivity contribution < 1.29 is 13.2 Å². The van der Waals surface area contributed by atoms with E-state index in [9.17, 15) is 13.2 Å². The van der Waals surface area contributed by atoms with Crippen LogP contribution in [-0.4, -0.2) is 36.7 Å². The maximum absolute atomic E-state index is 13.0. The van der Waals surface area contributed by atoms with Crippen LogP contribution >= 0.6 is 11.6 Å². The number of carbonyl (C=O) groups excluding carboxylic acids is 1. The van der Waals surface area contributed by atoms with Gasteiger partial charge >= 0.3 is 0 Å². The summed E-state index contributed by atoms with van der Waals surface area (Å²) in [5.74, 6) is -0.511. The van der Waals surface area contributed by atoms with E-state index in [1.807, 2.05) is 48.7 Å². The fourth-order valence-electron chi connectivity index (χ4n) is 3.51. The average molecular weight is 470 g/mol. The topological polar surface area (TPSA) is 83.2 Å². The molecule has 0 N–H and O–H groups in total. The van der Waals surface area contributed by atoms with Crippen molar-refractivity contribution in [2.45, 2.75) is 26.1 Å². The first-order valence-corrected chi connectivity index (χ1v) is 12.0. The number of nitrogens with zero attached hydrogens (tertiary/aromatic N) is 3. The summed E-state index contributed by atoms with van der Waals surface area (Å²) in [6.07, 6.45) is 0. The standard InChI is InChI=1S/C24H24ClN3O3S/c1-17-12-22(18(2)28(17)14-21-6-4-5-7-23(21)25)24(29)15-27(3)32(30,31)16-20-10-8-19(13-26)9-11-20/h4-12H,14-16H2,1-3H3. The Morgan fingerprint density at radius 2 is 1.78 bits per heavy atom. The molecule has 3 aromatic rings. The molecule has 3 rings (SSSR count). The molecular formula is C24H24ClN3O3S. The van der Waals surface area contributed by atoms with E-state index < -0.39 is 10.0 Å². The summed E-state index contributed by atoms with van der Waals surface area (Å²) in [4.78, 5) is 13.0. The predicted octanol–water partition coefficient (Wildman–Crippen LogP) is 4.32. The first kappa shape index (κ1) is 23.7. The molecule has 0 radical (unpaired) electrons. The Kier molecular flexibility index (Phi) is 7.19. The minimum Gasteiger partial charge on any atom is -0.344 e. The molecule has 2 aromatic carbocycles. The zero-order valence-electron chi connectivity index (χ0n) is 18.2. The Labute approximate surface area is 193 Å². The van der Waals surface area contributed by atoms with Gasteiger partial charge in [-0.2, -0.15) is 9.57 Å². The van der Waals surface area contributed by atoms with E-state index in [1.54, 1.807) is 30.3 Å². The van der Waals surface area contributed by atoms with E-state index in [4.69, 9.17) is 16.9 Å². The number of rotatable bonds is 8. The lowest BCUT2D eigenvalue weighted by atomic mass is 10.1. The van der Waals surface area contributed by atoms with Crippen LogP contribution in [0.15, 0.2) is 54.6 Å². The Balaban J connectivity index is 1.74. The summed E-state index contributed by atoms with van der Waals surface area (Å²) >= 11 is 6.28. The third-order valence-corrected chi connectivity index (χ3v) is 7.58. The molecule has 0 aliphatic rings. The Morgan fingerprint density at radius 3 is 2.41 bits per heavy atom. The second-order valence-electron chi connectivity index (χ2n) is 7.71. The highest BCUT2D eigenvalue weighted by atomic mass is 35.5. The van der Waals surface area contributed by atoms with Crippen LogP contribution in [0.1, 0.15) is 38.4 Å². The Morgan fingerprint density at radius 1 is 1.12 bits per heavy atom. The van der Waals surface area contributed by atoms with Gasteiger partial charge in [0, 0.05) is 35.6 Å². The van der Waals surface area contributed by atoms with Gasteiger partial charge in [0.1, 0.15) is 0 Å². The van der Waals surface area contributed by atoms with Crippen LogP contribution in [0.4, 0.5) is 0 Å². The minimum absolute atomic E-state index is 0.242. The van der Waals surface area contributed by atoms with Gasteiger partial charge in [-0.05, 0) is 49.2 Å². The number of aryl methyl sites for hydroxylation is 1. The summed E-state index contributed by atoms with van der Waals surface area (Å²) in [5, 5.41) is 9.53. The SMILES string of the molecule is Cc1cc(C(=O)CN(C)S(=O)(=O)Cc2ccc(C#N)cc2)c(C)n1Cc1ccccc1Cl. The number of ketones is 1. The summed E-state index contributed by atoms with van der Waals surface area (Å²) in [6, 6.07) is 17.7. The highest BCUT2D eigenvalue weighted by Gasteiger charge is 2.24. The Hall–Kier alpha value is -2.92. The fraction of sp³-hybridized carbons (Fsp3) is 0.250. The van der Waals surface area contributed by atoms with Gasteiger partial charge in [-0.3, -0.25) is 4.79 Å². The largest absolute Gasteiger partial charge is 0.344 e. The van der Waals surface area contributed by atoms with Gasteiger partial charge in [-0.25, -0.2) is 8.42 Å². The van der Waals surface area contributed by atoms with Crippen LogP contribution in [0.5, 0.6) is 0 Å². The lowest BCUT2D eigenvalue weighted by molar-refractivity contribution is 0.0972. The molecule has 0 bridgehead atoms. The number of benzene rings is 2. The fourth-order valence-corrected chi connectivity index (χ4v) is 4.85. The van der Waals surface area contributed by atoms with Gasteiger partial charge < -0.3 is 4.57 Å². The molecule has 0 unspecified atom stereocenters. The van der Waals surface area contributed by atoms with E-state index in [0.29, 0.717) is 28.3 Å². The molecule has 0 saturated carbocycles. The van der Waals surface area contributed by atoms with Gasteiger partial charge in [0.2, 0.25) is 10.0 Å². The number of aromatic nitrogens is 1. The van der Waals surface area contributed by atoms with Gasteiger partial charge in [-0.1, -0.05) is 41.9 Å². The minimum atomic E-state index is -3.70. The molecule has 6 nitrogen and oxygen atoms in total. The lowest BCUT2D eigenvalue weighted by Gasteiger charge is -2.17. The highest BCUT2D eigenvalue weighted by molar-refractivity contribution is 7.88. The molecule has 0 spiro atoms. The predicted molar refractivity (Wildman–Crippen MR) is 125 cm³/mol. The normalized spacial score (nSPS) is 11.5. The summed E-state index contributed by atoms with van der Waals surface area (Å²) in [6.45, 7) is 4.03. The monoisotopic (exact) mass is 469 g/mol. The zero-order valence-corrected chi connectivity index (χ0v) is 19.7. The molecule has 0 aliphatic carbocycles. The third kappa shape index (κ3) is 5.28. The highest BCUT2D eigenvalue weighted by Crippen LogP contribution is 2.22. The van der Waals surface area contributed by atoms with E-state index in [2.05, 4.69) is 0 Å². The van der Waals surface area contributed by atoms with Gasteiger partial charge in [0.05, 0.1) is 23.9 Å². The zero-order chi connectivity index (χ0) is 23.5. The van der Waals surface area contributed by atoms with Crippen molar-refractivity contribution >= 4 is 27.4 Å². The van der Waals surface area contributed by atoms with Crippen molar-refractivity contribution in [1.82, 2.24) is 8.87 Å². The van der Waals surface area contributed by atoms with Crippen LogP contribution in [0.2, 0.25) is 5.02 Å². The number of carbonyl (C=O) groups is 1. The third-order valence-electron chi connectivity index (χ3n) is 5.43. The first-order valence-electron chi connectivity index (χ1n) is 9.98. The molecule has 0 amide bonds. The van der Waals surface area contributed by atoms with E-state index in [-0.39, 0.29) is 18.1 Å².